The van der Waals surface area contributed by atoms with Crippen LogP contribution < -0.4 is 34.5 Å². The Labute approximate surface area is 221 Å². The van der Waals surface area contributed by atoms with Crippen molar-refractivity contribution < 1.29 is 65.0 Å². The van der Waals surface area contributed by atoms with Gasteiger partial charge in [-0.2, -0.15) is 17.2 Å². The number of nitrogens with zero attached hydrogens (tertiary/aromatic N) is 3. The van der Waals surface area contributed by atoms with E-state index in [9.17, 15) is 10.2 Å². The van der Waals surface area contributed by atoms with Crippen molar-refractivity contribution in [1.29, 1.82) is 0 Å². The van der Waals surface area contributed by atoms with Crippen molar-refractivity contribution in [3.63, 3.8) is 0 Å². The molecule has 14 heteroatoms. The molecule has 3 aromatic rings. The summed E-state index contributed by atoms with van der Waals surface area (Å²) in [6.07, 6.45) is 0. The van der Waals surface area contributed by atoms with Crippen LogP contribution in [0.3, 0.4) is 0 Å². The molecule has 0 saturated heterocycles. The molecule has 0 aliphatic heterocycles. The molecule has 0 radical (unpaired) electrons. The van der Waals surface area contributed by atoms with E-state index in [0.29, 0.717) is 16.8 Å². The normalized spacial score (nSPS) is 9.71. The van der Waals surface area contributed by atoms with Crippen LogP contribution in [-0.2, 0) is 21.2 Å². The summed E-state index contributed by atoms with van der Waals surface area (Å²) in [4.78, 5) is 2.14. The number of phenols is 2. The molecule has 11 nitrogen and oxygen atoms in total. The Morgan fingerprint density at radius 1 is 0.824 bits per heavy atom. The predicted octanol–water partition coefficient (Wildman–Crippen LogP) is 0.309. The molecule has 0 spiro atoms. The number of phenolic OH excluding ortho intramolecular Hbond substituents is 2. The van der Waals surface area contributed by atoms with E-state index in [1.165, 1.54) is 0 Å². The first-order valence-electron chi connectivity index (χ1n) is 9.25. The first-order valence-corrected chi connectivity index (χ1v) is 11.3. The zero-order chi connectivity index (χ0) is 25.0. The summed E-state index contributed by atoms with van der Waals surface area (Å²) in [6, 6.07) is 17.0. The number of fused-ring (bicyclic) bond motifs is 1. The van der Waals surface area contributed by atoms with Gasteiger partial charge in [-0.25, -0.2) is 5.11 Å². The SMILES string of the molecule is CCN(CC)c1ccc(N=Nc2c[c-]cc3cccc(O)c23)c(O)c1.O=S(=O)=O.O=S(=O)=O.[Na+]. The van der Waals surface area contributed by atoms with Gasteiger partial charge in [-0.15, -0.1) is 42.8 Å². The monoisotopic (exact) mass is 517 g/mol. The Balaban J connectivity index is 0.00000106. The van der Waals surface area contributed by atoms with E-state index in [0.717, 1.165) is 24.2 Å². The minimum atomic E-state index is -3.11. The molecular formula is C20H20N3NaO8S2. The maximum Gasteiger partial charge on any atom is 1.00 e. The Morgan fingerprint density at radius 3 is 1.91 bits per heavy atom. The van der Waals surface area contributed by atoms with E-state index in [4.69, 9.17) is 25.3 Å². The molecule has 0 bridgehead atoms. The van der Waals surface area contributed by atoms with Crippen molar-refractivity contribution in [2.45, 2.75) is 13.8 Å². The van der Waals surface area contributed by atoms with Crippen LogP contribution in [0.4, 0.5) is 17.1 Å². The van der Waals surface area contributed by atoms with E-state index in [1.54, 1.807) is 36.4 Å². The van der Waals surface area contributed by atoms with Crippen LogP contribution in [0.15, 0.2) is 58.8 Å². The molecule has 0 saturated carbocycles. The number of hydrogen-bond donors (Lipinski definition) is 2. The molecule has 34 heavy (non-hydrogen) atoms. The summed E-state index contributed by atoms with van der Waals surface area (Å²) >= 11 is 0. The Kier molecular flexibility index (Phi) is 14.6. The Morgan fingerprint density at radius 2 is 1.38 bits per heavy atom. The molecule has 176 valence electrons. The average Bonchev–Trinajstić information content (AvgIpc) is 2.73. The Bertz CT molecular complexity index is 1300. The van der Waals surface area contributed by atoms with Gasteiger partial charge in [0.2, 0.25) is 0 Å². The molecular weight excluding hydrogens is 497 g/mol. The second-order valence-electron chi connectivity index (χ2n) is 6.04. The predicted molar refractivity (Wildman–Crippen MR) is 120 cm³/mol. The van der Waals surface area contributed by atoms with Crippen LogP contribution in [0.5, 0.6) is 11.5 Å². The van der Waals surface area contributed by atoms with E-state index in [2.05, 4.69) is 35.0 Å². The van der Waals surface area contributed by atoms with Gasteiger partial charge in [-0.05, 0) is 37.7 Å². The molecule has 0 aliphatic rings. The van der Waals surface area contributed by atoms with Crippen LogP contribution in [0, 0.1) is 6.07 Å². The van der Waals surface area contributed by atoms with Gasteiger partial charge < -0.3 is 15.1 Å². The van der Waals surface area contributed by atoms with Gasteiger partial charge in [0, 0.05) is 24.8 Å². The van der Waals surface area contributed by atoms with Gasteiger partial charge >= 0.3 is 50.8 Å². The van der Waals surface area contributed by atoms with Crippen molar-refractivity contribution >= 4 is 49.1 Å². The molecule has 0 amide bonds. The number of aromatic hydroxyl groups is 2. The summed E-state index contributed by atoms with van der Waals surface area (Å²) in [6.45, 7) is 5.86. The minimum Gasteiger partial charge on any atom is -0.509 e. The zero-order valence-electron chi connectivity index (χ0n) is 18.5. The molecule has 0 heterocycles. The fourth-order valence-corrected chi connectivity index (χ4v) is 2.81. The van der Waals surface area contributed by atoms with Gasteiger partial charge in [0.25, 0.3) is 0 Å². The third-order valence-corrected chi connectivity index (χ3v) is 4.14. The van der Waals surface area contributed by atoms with E-state index in [-0.39, 0.29) is 41.1 Å². The van der Waals surface area contributed by atoms with Crippen LogP contribution in [0.25, 0.3) is 10.8 Å². The van der Waals surface area contributed by atoms with Crippen molar-refractivity contribution in [2.24, 2.45) is 10.2 Å². The number of anilines is 1. The van der Waals surface area contributed by atoms with Crippen molar-refractivity contribution in [3.05, 3.63) is 54.6 Å². The summed E-state index contributed by atoms with van der Waals surface area (Å²) in [5.74, 6) is 0.211. The van der Waals surface area contributed by atoms with Crippen LogP contribution >= 0.6 is 0 Å². The average molecular weight is 518 g/mol. The number of benzene rings is 3. The molecule has 3 rings (SSSR count). The van der Waals surface area contributed by atoms with Crippen molar-refractivity contribution in [3.8, 4) is 11.5 Å². The summed E-state index contributed by atoms with van der Waals surface area (Å²) in [5.41, 5.74) is 1.82. The number of rotatable bonds is 5. The topological polar surface area (TPSA) is 171 Å². The second kappa shape index (κ2) is 15.9. The first-order chi connectivity index (χ1) is 15.6. The molecule has 0 fully saturated rings. The fourth-order valence-electron chi connectivity index (χ4n) is 2.81. The number of azo groups is 1. The molecule has 0 aromatic heterocycles. The second-order valence-corrected chi connectivity index (χ2v) is 6.85. The largest absolute Gasteiger partial charge is 1.00 e. The smallest absolute Gasteiger partial charge is 0.509 e. The molecule has 3 aromatic carbocycles. The standard InChI is InChI=1S/C20H20N3O2.Na.2O3S/c1-3-23(4-2)15-11-12-16(19(25)13-15)21-22-17-9-5-7-14-8-6-10-18(24)20(14)17;;2*1-4(2)3/h6-13,24-25H,3-4H2,1-2H3;;;/q-1;+1;;. The summed E-state index contributed by atoms with van der Waals surface area (Å²) < 4.78 is 50.7. The van der Waals surface area contributed by atoms with E-state index >= 15 is 0 Å². The maximum atomic E-state index is 10.2. The summed E-state index contributed by atoms with van der Waals surface area (Å²) in [7, 11) is -6.22. The van der Waals surface area contributed by atoms with Gasteiger partial charge in [-0.3, -0.25) is 0 Å². The van der Waals surface area contributed by atoms with Gasteiger partial charge in [0.05, 0.1) is 0 Å². The molecule has 2 N–H and O–H groups in total. The number of hydrogen-bond acceptors (Lipinski definition) is 11. The first kappa shape index (κ1) is 31.2. The third kappa shape index (κ3) is 10.4. The van der Waals surface area contributed by atoms with E-state index < -0.39 is 21.2 Å². The molecule has 0 aliphatic carbocycles. The minimum absolute atomic E-state index is 0. The van der Waals surface area contributed by atoms with E-state index in [1.807, 2.05) is 12.1 Å². The molecule has 0 unspecified atom stereocenters. The van der Waals surface area contributed by atoms with Crippen LogP contribution in [-0.4, -0.2) is 48.6 Å². The fraction of sp³-hybridized carbons (Fsp3) is 0.200. The Hall–Kier alpha value is -2.84. The molecule has 0 atom stereocenters. The van der Waals surface area contributed by atoms with Crippen molar-refractivity contribution in [2.75, 3.05) is 18.0 Å². The van der Waals surface area contributed by atoms with Crippen molar-refractivity contribution in [1.82, 2.24) is 0 Å². The van der Waals surface area contributed by atoms with Crippen LogP contribution in [0.1, 0.15) is 13.8 Å². The van der Waals surface area contributed by atoms with Gasteiger partial charge in [0.1, 0.15) is 17.2 Å². The van der Waals surface area contributed by atoms with Crippen LogP contribution in [0.2, 0.25) is 0 Å². The quantitative estimate of drug-likeness (QED) is 0.274. The maximum absolute atomic E-state index is 10.2. The zero-order valence-corrected chi connectivity index (χ0v) is 22.2. The van der Waals surface area contributed by atoms with Gasteiger partial charge in [-0.1, -0.05) is 11.5 Å². The van der Waals surface area contributed by atoms with Gasteiger partial charge in [0.15, 0.2) is 0 Å². The summed E-state index contributed by atoms with van der Waals surface area (Å²) in [5, 5.41) is 30.1. The third-order valence-electron chi connectivity index (χ3n) is 4.14.